The van der Waals surface area contributed by atoms with Crippen LogP contribution in [-0.4, -0.2) is 38.6 Å². The molecule has 2 aliphatic heterocycles. The molecule has 2 amide bonds. The quantitative estimate of drug-likeness (QED) is 0.775. The van der Waals surface area contributed by atoms with Crippen LogP contribution < -0.4 is 20.3 Å². The van der Waals surface area contributed by atoms with Gasteiger partial charge in [-0.05, 0) is 56.3 Å². The van der Waals surface area contributed by atoms with Crippen molar-refractivity contribution in [3.05, 3.63) is 18.2 Å². The molecule has 2 fully saturated rings. The van der Waals surface area contributed by atoms with Crippen molar-refractivity contribution in [1.29, 1.82) is 0 Å². The van der Waals surface area contributed by atoms with Crippen LogP contribution in [0.4, 0.5) is 11.4 Å². The molecular formula is C20H30ClN3O3. The standard InChI is InChI=1S/C20H29N3O3.ClH/c1-14(15-7-9-21-10-8-15)12-19(24)22-16-5-6-17(18(13-16)26-2)23-11-3-4-20(23)25;/h5-6,13-15,21H,3-4,7-12H2,1-2H3,(H,22,24);1H. The molecular weight excluding hydrogens is 366 g/mol. The number of rotatable bonds is 6. The molecule has 0 bridgehead atoms. The summed E-state index contributed by atoms with van der Waals surface area (Å²) >= 11 is 0. The molecule has 0 aliphatic carbocycles. The largest absolute Gasteiger partial charge is 0.494 e. The molecule has 0 spiro atoms. The average Bonchev–Trinajstić information content (AvgIpc) is 3.08. The highest BCUT2D eigenvalue weighted by atomic mass is 35.5. The van der Waals surface area contributed by atoms with Crippen molar-refractivity contribution in [3.63, 3.8) is 0 Å². The Morgan fingerprint density at radius 1 is 1.37 bits per heavy atom. The Morgan fingerprint density at radius 3 is 2.74 bits per heavy atom. The van der Waals surface area contributed by atoms with Gasteiger partial charge in [0, 0.05) is 31.1 Å². The first-order chi connectivity index (χ1) is 12.6. The fourth-order valence-corrected chi connectivity index (χ4v) is 3.97. The van der Waals surface area contributed by atoms with Gasteiger partial charge in [0.05, 0.1) is 12.8 Å². The van der Waals surface area contributed by atoms with Gasteiger partial charge in [-0.3, -0.25) is 9.59 Å². The molecule has 1 aromatic carbocycles. The number of amides is 2. The van der Waals surface area contributed by atoms with Crippen molar-refractivity contribution < 1.29 is 14.3 Å². The number of benzene rings is 1. The SMILES string of the molecule is COc1cc(NC(=O)CC(C)C2CCNCC2)ccc1N1CCCC1=O.Cl. The van der Waals surface area contributed by atoms with Crippen LogP contribution >= 0.6 is 12.4 Å². The van der Waals surface area contributed by atoms with Crippen LogP contribution in [0.25, 0.3) is 0 Å². The topological polar surface area (TPSA) is 70.7 Å². The third kappa shape index (κ3) is 5.36. The van der Waals surface area contributed by atoms with E-state index in [2.05, 4.69) is 17.6 Å². The summed E-state index contributed by atoms with van der Waals surface area (Å²) in [5.74, 6) is 1.75. The lowest BCUT2D eigenvalue weighted by Crippen LogP contribution is -2.32. The summed E-state index contributed by atoms with van der Waals surface area (Å²) in [6.07, 6.45) is 4.26. The van der Waals surface area contributed by atoms with Crippen molar-refractivity contribution in [1.82, 2.24) is 5.32 Å². The predicted octanol–water partition coefficient (Wildman–Crippen LogP) is 3.21. The number of carbonyl (C=O) groups is 2. The van der Waals surface area contributed by atoms with E-state index < -0.39 is 0 Å². The Bertz CT molecular complexity index is 662. The van der Waals surface area contributed by atoms with Crippen molar-refractivity contribution >= 4 is 35.6 Å². The van der Waals surface area contributed by atoms with Crippen LogP contribution in [0.5, 0.6) is 5.75 Å². The Morgan fingerprint density at radius 2 is 2.11 bits per heavy atom. The Balaban J connectivity index is 0.00000261. The number of hydrogen-bond acceptors (Lipinski definition) is 4. The Labute approximate surface area is 167 Å². The predicted molar refractivity (Wildman–Crippen MR) is 110 cm³/mol. The van der Waals surface area contributed by atoms with Gasteiger partial charge in [0.15, 0.2) is 0 Å². The number of methoxy groups -OCH3 is 1. The van der Waals surface area contributed by atoms with E-state index >= 15 is 0 Å². The second-order valence-electron chi connectivity index (χ2n) is 7.35. The van der Waals surface area contributed by atoms with E-state index in [0.717, 1.165) is 38.0 Å². The Kier molecular flexibility index (Phi) is 7.92. The molecule has 0 aromatic heterocycles. The number of hydrogen-bond donors (Lipinski definition) is 2. The molecule has 7 heteroatoms. The zero-order valence-electron chi connectivity index (χ0n) is 16.1. The van der Waals surface area contributed by atoms with Gasteiger partial charge in [-0.15, -0.1) is 12.4 Å². The smallest absolute Gasteiger partial charge is 0.227 e. The van der Waals surface area contributed by atoms with Crippen LogP contribution in [-0.2, 0) is 9.59 Å². The molecule has 0 radical (unpaired) electrons. The number of carbonyl (C=O) groups excluding carboxylic acids is 2. The van der Waals surface area contributed by atoms with Crippen molar-refractivity contribution in [2.45, 2.75) is 39.0 Å². The molecule has 27 heavy (non-hydrogen) atoms. The highest BCUT2D eigenvalue weighted by Gasteiger charge is 2.25. The maximum absolute atomic E-state index is 12.4. The van der Waals surface area contributed by atoms with E-state index in [4.69, 9.17) is 4.74 Å². The highest BCUT2D eigenvalue weighted by Crippen LogP contribution is 2.34. The molecule has 2 saturated heterocycles. The van der Waals surface area contributed by atoms with E-state index in [1.165, 1.54) is 0 Å². The number of halogens is 1. The van der Waals surface area contributed by atoms with Crippen LogP contribution in [0.2, 0.25) is 0 Å². The molecule has 1 aromatic rings. The van der Waals surface area contributed by atoms with E-state index in [-0.39, 0.29) is 24.2 Å². The van der Waals surface area contributed by atoms with Crippen molar-refractivity contribution in [2.24, 2.45) is 11.8 Å². The lowest BCUT2D eigenvalue weighted by Gasteiger charge is -2.28. The molecule has 2 N–H and O–H groups in total. The molecule has 150 valence electrons. The van der Waals surface area contributed by atoms with Crippen molar-refractivity contribution in [2.75, 3.05) is 37.0 Å². The summed E-state index contributed by atoms with van der Waals surface area (Å²) in [6.45, 7) is 4.97. The van der Waals surface area contributed by atoms with Crippen LogP contribution in [0, 0.1) is 11.8 Å². The fraction of sp³-hybridized carbons (Fsp3) is 0.600. The Hall–Kier alpha value is -1.79. The summed E-state index contributed by atoms with van der Waals surface area (Å²) in [7, 11) is 1.59. The van der Waals surface area contributed by atoms with Gasteiger partial charge in [-0.1, -0.05) is 6.92 Å². The summed E-state index contributed by atoms with van der Waals surface area (Å²) in [5, 5.41) is 6.34. The van der Waals surface area contributed by atoms with Gasteiger partial charge in [-0.2, -0.15) is 0 Å². The maximum atomic E-state index is 12.4. The number of ether oxygens (including phenoxy) is 1. The highest BCUT2D eigenvalue weighted by molar-refractivity contribution is 5.98. The first-order valence-corrected chi connectivity index (χ1v) is 9.57. The van der Waals surface area contributed by atoms with Crippen LogP contribution in [0.1, 0.15) is 39.0 Å². The second-order valence-corrected chi connectivity index (χ2v) is 7.35. The van der Waals surface area contributed by atoms with Gasteiger partial charge in [0.25, 0.3) is 0 Å². The summed E-state index contributed by atoms with van der Waals surface area (Å²) in [5.41, 5.74) is 1.48. The average molecular weight is 396 g/mol. The third-order valence-corrected chi connectivity index (χ3v) is 5.52. The van der Waals surface area contributed by atoms with Crippen LogP contribution in [0.3, 0.4) is 0 Å². The normalized spacial score (nSPS) is 18.7. The zero-order chi connectivity index (χ0) is 18.5. The number of nitrogens with one attached hydrogen (secondary N) is 2. The van der Waals surface area contributed by atoms with Gasteiger partial charge in [-0.25, -0.2) is 0 Å². The van der Waals surface area contributed by atoms with Gasteiger partial charge in [0.2, 0.25) is 11.8 Å². The number of anilines is 2. The second kappa shape index (κ2) is 9.95. The fourth-order valence-electron chi connectivity index (χ4n) is 3.97. The van der Waals surface area contributed by atoms with Gasteiger partial charge >= 0.3 is 0 Å². The van der Waals surface area contributed by atoms with E-state index in [1.807, 2.05) is 12.1 Å². The third-order valence-electron chi connectivity index (χ3n) is 5.52. The molecule has 0 saturated carbocycles. The monoisotopic (exact) mass is 395 g/mol. The summed E-state index contributed by atoms with van der Waals surface area (Å²) in [4.78, 5) is 26.2. The van der Waals surface area contributed by atoms with Crippen molar-refractivity contribution in [3.8, 4) is 5.75 Å². The summed E-state index contributed by atoms with van der Waals surface area (Å²) in [6, 6.07) is 5.50. The first kappa shape index (κ1) is 21.5. The maximum Gasteiger partial charge on any atom is 0.227 e. The first-order valence-electron chi connectivity index (χ1n) is 9.57. The zero-order valence-corrected chi connectivity index (χ0v) is 16.9. The number of nitrogens with zero attached hydrogens (tertiary/aromatic N) is 1. The molecule has 3 rings (SSSR count). The minimum absolute atomic E-state index is 0. The molecule has 1 atom stereocenters. The molecule has 1 unspecified atom stereocenters. The van der Waals surface area contributed by atoms with Gasteiger partial charge < -0.3 is 20.3 Å². The lowest BCUT2D eigenvalue weighted by atomic mass is 9.84. The van der Waals surface area contributed by atoms with E-state index in [9.17, 15) is 9.59 Å². The summed E-state index contributed by atoms with van der Waals surface area (Å²) < 4.78 is 5.45. The molecule has 2 heterocycles. The minimum Gasteiger partial charge on any atom is -0.494 e. The van der Waals surface area contributed by atoms with Crippen LogP contribution in [0.15, 0.2) is 18.2 Å². The van der Waals surface area contributed by atoms with Gasteiger partial charge in [0.1, 0.15) is 5.75 Å². The van der Waals surface area contributed by atoms with E-state index in [1.54, 1.807) is 18.1 Å². The number of piperidine rings is 1. The lowest BCUT2D eigenvalue weighted by molar-refractivity contribution is -0.118. The molecule has 2 aliphatic rings. The van der Waals surface area contributed by atoms with E-state index in [0.29, 0.717) is 42.7 Å². The minimum atomic E-state index is 0. The molecule has 6 nitrogen and oxygen atoms in total.